The van der Waals surface area contributed by atoms with Crippen molar-refractivity contribution in [3.63, 3.8) is 0 Å². The Morgan fingerprint density at radius 2 is 2.17 bits per heavy atom. The molecule has 0 bridgehead atoms. The van der Waals surface area contributed by atoms with Gasteiger partial charge in [0.15, 0.2) is 0 Å². The molecule has 1 aromatic rings. The van der Waals surface area contributed by atoms with Crippen LogP contribution in [-0.2, 0) is 16.0 Å². The van der Waals surface area contributed by atoms with E-state index in [0.717, 1.165) is 5.56 Å². The topological polar surface area (TPSA) is 83.6 Å². The minimum atomic E-state index is -0.997. The number of carbonyl (C=O) groups excluding carboxylic acids is 1. The molecular formula is C13H16N2O3. The molecule has 5 heteroatoms. The Labute approximate surface area is 105 Å². The highest BCUT2D eigenvalue weighted by atomic mass is 16.4. The Bertz CT molecular complexity index is 487. The van der Waals surface area contributed by atoms with Crippen LogP contribution in [-0.4, -0.2) is 29.1 Å². The molecule has 2 rings (SSSR count). The van der Waals surface area contributed by atoms with Gasteiger partial charge in [0.1, 0.15) is 6.04 Å². The van der Waals surface area contributed by atoms with Crippen molar-refractivity contribution in [1.29, 1.82) is 0 Å². The third-order valence-corrected chi connectivity index (χ3v) is 3.26. The molecule has 1 unspecified atom stereocenters. The van der Waals surface area contributed by atoms with Gasteiger partial charge in [-0.2, -0.15) is 0 Å². The third kappa shape index (κ3) is 1.97. The lowest BCUT2D eigenvalue weighted by Gasteiger charge is -2.25. The molecule has 3 N–H and O–H groups in total. The zero-order valence-electron chi connectivity index (χ0n) is 10.2. The maximum absolute atomic E-state index is 12.2. The van der Waals surface area contributed by atoms with Gasteiger partial charge >= 0.3 is 5.97 Å². The maximum Gasteiger partial charge on any atom is 0.327 e. The van der Waals surface area contributed by atoms with E-state index < -0.39 is 18.1 Å². The van der Waals surface area contributed by atoms with Crippen molar-refractivity contribution in [3.05, 3.63) is 29.8 Å². The van der Waals surface area contributed by atoms with Crippen LogP contribution >= 0.6 is 0 Å². The first-order valence-electron chi connectivity index (χ1n) is 5.95. The number of nitrogens with two attached hydrogens (primary N) is 1. The molecule has 0 saturated carbocycles. The van der Waals surface area contributed by atoms with Gasteiger partial charge in [-0.25, -0.2) is 4.79 Å². The molecule has 2 atom stereocenters. The van der Waals surface area contributed by atoms with Gasteiger partial charge in [0.05, 0.1) is 6.04 Å². The first-order chi connectivity index (χ1) is 8.56. The first kappa shape index (κ1) is 12.6. The molecule has 0 aliphatic carbocycles. The van der Waals surface area contributed by atoms with Crippen molar-refractivity contribution in [1.82, 2.24) is 0 Å². The third-order valence-electron chi connectivity index (χ3n) is 3.26. The van der Waals surface area contributed by atoms with Gasteiger partial charge in [0, 0.05) is 12.1 Å². The molecule has 1 aliphatic heterocycles. The highest BCUT2D eigenvalue weighted by Gasteiger charge is 2.39. The zero-order valence-corrected chi connectivity index (χ0v) is 10.2. The number of carbonyl (C=O) groups is 2. The Balaban J connectivity index is 2.40. The van der Waals surface area contributed by atoms with Crippen LogP contribution in [0.5, 0.6) is 0 Å². The summed E-state index contributed by atoms with van der Waals surface area (Å²) in [5, 5.41) is 9.22. The van der Waals surface area contributed by atoms with E-state index in [9.17, 15) is 14.7 Å². The molecule has 18 heavy (non-hydrogen) atoms. The van der Waals surface area contributed by atoms with Crippen LogP contribution in [0.25, 0.3) is 0 Å². The first-order valence-corrected chi connectivity index (χ1v) is 5.95. The molecule has 0 aromatic heterocycles. The second-order valence-electron chi connectivity index (χ2n) is 4.41. The molecule has 5 nitrogen and oxygen atoms in total. The van der Waals surface area contributed by atoms with Crippen molar-refractivity contribution in [2.24, 2.45) is 5.73 Å². The molecule has 1 aliphatic rings. The molecule has 0 radical (unpaired) electrons. The molecule has 1 heterocycles. The number of carboxylic acids is 1. The van der Waals surface area contributed by atoms with Crippen LogP contribution in [0.1, 0.15) is 18.9 Å². The molecule has 1 amide bonds. The van der Waals surface area contributed by atoms with Crippen molar-refractivity contribution in [2.45, 2.75) is 31.8 Å². The van der Waals surface area contributed by atoms with Gasteiger partial charge in [-0.05, 0) is 18.1 Å². The summed E-state index contributed by atoms with van der Waals surface area (Å²) in [6.45, 7) is 1.81. The predicted molar refractivity (Wildman–Crippen MR) is 67.3 cm³/mol. The summed E-state index contributed by atoms with van der Waals surface area (Å²) < 4.78 is 0. The SMILES string of the molecule is CC[C@@H](N)C(=O)N1c2ccccc2CC1C(=O)O. The van der Waals surface area contributed by atoms with E-state index in [1.807, 2.05) is 12.1 Å². The van der Waals surface area contributed by atoms with Crippen molar-refractivity contribution < 1.29 is 14.7 Å². The van der Waals surface area contributed by atoms with E-state index in [1.165, 1.54) is 4.90 Å². The minimum absolute atomic E-state index is 0.324. The lowest BCUT2D eigenvalue weighted by Crippen LogP contribution is -2.49. The Hall–Kier alpha value is -1.88. The Morgan fingerprint density at radius 3 is 2.78 bits per heavy atom. The van der Waals surface area contributed by atoms with Crippen LogP contribution in [0.3, 0.4) is 0 Å². The minimum Gasteiger partial charge on any atom is -0.480 e. The second kappa shape index (κ2) is 4.78. The average molecular weight is 248 g/mol. The molecule has 0 saturated heterocycles. The number of nitrogens with zero attached hydrogens (tertiary/aromatic N) is 1. The van der Waals surface area contributed by atoms with Crippen LogP contribution in [0.15, 0.2) is 24.3 Å². The summed E-state index contributed by atoms with van der Waals surface area (Å²) in [6.07, 6.45) is 0.831. The monoisotopic (exact) mass is 248 g/mol. The fourth-order valence-electron chi connectivity index (χ4n) is 2.21. The molecule has 0 spiro atoms. The second-order valence-corrected chi connectivity index (χ2v) is 4.41. The van der Waals surface area contributed by atoms with Crippen molar-refractivity contribution >= 4 is 17.6 Å². The summed E-state index contributed by atoms with van der Waals surface area (Å²) in [6, 6.07) is 5.74. The number of carboxylic acid groups (broad SMARTS) is 1. The molecule has 0 fully saturated rings. The van der Waals surface area contributed by atoms with E-state index in [-0.39, 0.29) is 5.91 Å². The largest absolute Gasteiger partial charge is 0.480 e. The Kier molecular flexibility index (Phi) is 3.34. The smallest absolute Gasteiger partial charge is 0.327 e. The summed E-state index contributed by atoms with van der Waals surface area (Å²) in [5.41, 5.74) is 7.27. The maximum atomic E-state index is 12.2. The van der Waals surface area contributed by atoms with E-state index >= 15 is 0 Å². The zero-order chi connectivity index (χ0) is 13.3. The summed E-state index contributed by atoms with van der Waals surface area (Å²) in [5.74, 6) is -1.32. The van der Waals surface area contributed by atoms with E-state index in [0.29, 0.717) is 18.5 Å². The number of amides is 1. The van der Waals surface area contributed by atoms with Crippen LogP contribution in [0, 0.1) is 0 Å². The molecule has 1 aromatic carbocycles. The standard InChI is InChI=1S/C13H16N2O3/c1-2-9(14)12(16)15-10-6-4-3-5-8(10)7-11(15)13(17)18/h3-6,9,11H,2,7,14H2,1H3,(H,17,18)/t9-,11?/m1/s1. The normalized spacial score (nSPS) is 19.4. The van der Waals surface area contributed by atoms with Crippen molar-refractivity contribution in [3.8, 4) is 0 Å². The molecule has 96 valence electrons. The van der Waals surface area contributed by atoms with Gasteiger partial charge in [-0.15, -0.1) is 0 Å². The highest BCUT2D eigenvalue weighted by molar-refractivity contribution is 6.04. The fourth-order valence-corrected chi connectivity index (χ4v) is 2.21. The predicted octanol–water partition coefficient (Wildman–Crippen LogP) is 0.766. The average Bonchev–Trinajstić information content (AvgIpc) is 2.76. The highest BCUT2D eigenvalue weighted by Crippen LogP contribution is 2.32. The van der Waals surface area contributed by atoms with Gasteiger partial charge < -0.3 is 10.8 Å². The van der Waals surface area contributed by atoms with E-state index in [4.69, 9.17) is 5.73 Å². The number of para-hydroxylation sites is 1. The van der Waals surface area contributed by atoms with E-state index in [2.05, 4.69) is 0 Å². The van der Waals surface area contributed by atoms with Crippen LogP contribution in [0.4, 0.5) is 5.69 Å². The van der Waals surface area contributed by atoms with Gasteiger partial charge in [0.25, 0.3) is 0 Å². The van der Waals surface area contributed by atoms with Crippen molar-refractivity contribution in [2.75, 3.05) is 4.90 Å². The summed E-state index contributed by atoms with van der Waals surface area (Å²) >= 11 is 0. The number of rotatable bonds is 3. The molecular weight excluding hydrogens is 232 g/mol. The lowest BCUT2D eigenvalue weighted by molar-refractivity contribution is -0.140. The quantitative estimate of drug-likeness (QED) is 0.827. The van der Waals surface area contributed by atoms with Crippen LogP contribution in [0.2, 0.25) is 0 Å². The number of aliphatic carboxylic acids is 1. The fraction of sp³-hybridized carbons (Fsp3) is 0.385. The number of hydrogen-bond acceptors (Lipinski definition) is 3. The lowest BCUT2D eigenvalue weighted by atomic mass is 10.1. The van der Waals surface area contributed by atoms with E-state index in [1.54, 1.807) is 19.1 Å². The van der Waals surface area contributed by atoms with Gasteiger partial charge in [-0.3, -0.25) is 9.69 Å². The summed E-state index contributed by atoms with van der Waals surface area (Å²) in [4.78, 5) is 24.8. The summed E-state index contributed by atoms with van der Waals surface area (Å²) in [7, 11) is 0. The number of benzene rings is 1. The van der Waals surface area contributed by atoms with Crippen LogP contribution < -0.4 is 10.6 Å². The number of fused-ring (bicyclic) bond motifs is 1. The van der Waals surface area contributed by atoms with Gasteiger partial charge in [0.2, 0.25) is 5.91 Å². The number of hydrogen-bond donors (Lipinski definition) is 2. The van der Waals surface area contributed by atoms with Gasteiger partial charge in [-0.1, -0.05) is 25.1 Å². The Morgan fingerprint density at radius 1 is 1.50 bits per heavy atom. The number of anilines is 1.